The van der Waals surface area contributed by atoms with Crippen molar-refractivity contribution in [3.8, 4) is 5.75 Å². The van der Waals surface area contributed by atoms with E-state index in [1.54, 1.807) is 7.11 Å². The van der Waals surface area contributed by atoms with Crippen molar-refractivity contribution in [1.82, 2.24) is 0 Å². The number of hydrogen-bond acceptors (Lipinski definition) is 5. The second kappa shape index (κ2) is 16.8. The molecule has 3 aliphatic rings. The van der Waals surface area contributed by atoms with Crippen molar-refractivity contribution >= 4 is 17.5 Å². The van der Waals surface area contributed by atoms with E-state index in [4.69, 9.17) is 14.6 Å². The number of carboxylic acids is 1. The number of allylic oxidation sites excluding steroid dienone is 8. The van der Waals surface area contributed by atoms with Crippen molar-refractivity contribution in [2.45, 2.75) is 143 Å². The number of aliphatic carboxylic acids is 1. The van der Waals surface area contributed by atoms with Crippen LogP contribution in [0.2, 0.25) is 0 Å². The molecule has 1 heterocycles. The van der Waals surface area contributed by atoms with Crippen LogP contribution in [0.3, 0.4) is 0 Å². The summed E-state index contributed by atoms with van der Waals surface area (Å²) in [6.07, 6.45) is 21.3. The molecule has 1 N–H and O–H groups in total. The van der Waals surface area contributed by atoms with E-state index in [2.05, 4.69) is 71.1 Å². The standard InChI is InChI=1S/C42H58O6/c1-7-8-9-10-11-12-13-14-16-19-29(20-17-15-18-21-37(45)46)31-23-22-30(24-34(31)47-6)38-39-32(43)25-41(2,3)27-35(39)48-36-28-42(4,5)26-33(44)40(36)38/h11-12,14,16,22-24,29,38H,7-10,13,15,17-21,25-28H2,1-6H3,(H,45,46)/b12-11-,16-14-. The van der Waals surface area contributed by atoms with Crippen molar-refractivity contribution in [3.05, 3.63) is 76.3 Å². The Balaban J connectivity index is 1.65. The molecule has 0 bridgehead atoms. The quantitative estimate of drug-likeness (QED) is 0.132. The van der Waals surface area contributed by atoms with Crippen molar-refractivity contribution in [1.29, 1.82) is 0 Å². The molecule has 6 heteroatoms. The molecule has 0 amide bonds. The molecular formula is C42H58O6. The van der Waals surface area contributed by atoms with Crippen LogP contribution >= 0.6 is 0 Å². The third-order valence-electron chi connectivity index (χ3n) is 10.1. The van der Waals surface area contributed by atoms with Crippen LogP contribution in [-0.2, 0) is 19.1 Å². The van der Waals surface area contributed by atoms with Gasteiger partial charge in [0.1, 0.15) is 17.3 Å². The second-order valence-electron chi connectivity index (χ2n) is 15.7. The lowest BCUT2D eigenvalue weighted by molar-refractivity contribution is -0.137. The highest BCUT2D eigenvalue weighted by Crippen LogP contribution is 2.53. The highest BCUT2D eigenvalue weighted by molar-refractivity contribution is 6.06. The molecule has 1 aromatic rings. The van der Waals surface area contributed by atoms with Gasteiger partial charge in [0.2, 0.25) is 0 Å². The van der Waals surface area contributed by atoms with Gasteiger partial charge in [-0.3, -0.25) is 14.4 Å². The first-order valence-electron chi connectivity index (χ1n) is 18.3. The van der Waals surface area contributed by atoms with Gasteiger partial charge in [0.05, 0.1) is 7.11 Å². The van der Waals surface area contributed by atoms with Crippen LogP contribution in [0.1, 0.15) is 154 Å². The van der Waals surface area contributed by atoms with Gasteiger partial charge in [-0.2, -0.15) is 0 Å². The summed E-state index contributed by atoms with van der Waals surface area (Å²) in [5.74, 6) is 1.29. The fourth-order valence-electron chi connectivity index (χ4n) is 7.66. The Morgan fingerprint density at radius 1 is 0.896 bits per heavy atom. The summed E-state index contributed by atoms with van der Waals surface area (Å²) >= 11 is 0. The van der Waals surface area contributed by atoms with Crippen LogP contribution in [0, 0.1) is 10.8 Å². The van der Waals surface area contributed by atoms with Crippen molar-refractivity contribution in [2.24, 2.45) is 10.8 Å². The molecule has 6 nitrogen and oxygen atoms in total. The zero-order chi connectivity index (χ0) is 34.9. The maximum absolute atomic E-state index is 13.8. The Hall–Kier alpha value is -3.41. The zero-order valence-electron chi connectivity index (χ0n) is 30.3. The minimum Gasteiger partial charge on any atom is -0.496 e. The lowest BCUT2D eigenvalue weighted by atomic mass is 9.65. The van der Waals surface area contributed by atoms with E-state index in [1.165, 1.54) is 19.3 Å². The van der Waals surface area contributed by atoms with Crippen LogP contribution in [0.25, 0.3) is 0 Å². The fourth-order valence-corrected chi connectivity index (χ4v) is 7.66. The summed E-state index contributed by atoms with van der Waals surface area (Å²) in [5.41, 5.74) is 2.85. The number of carboxylic acid groups (broad SMARTS) is 1. The van der Waals surface area contributed by atoms with Gasteiger partial charge in [-0.25, -0.2) is 0 Å². The minimum absolute atomic E-state index is 0.0577. The largest absolute Gasteiger partial charge is 0.496 e. The van der Waals surface area contributed by atoms with Gasteiger partial charge in [0.15, 0.2) is 11.6 Å². The average molecular weight is 659 g/mol. The Bertz CT molecular complexity index is 1400. The number of benzene rings is 1. The molecule has 0 spiro atoms. The number of unbranched alkanes of at least 4 members (excludes halogenated alkanes) is 5. The van der Waals surface area contributed by atoms with E-state index in [1.807, 2.05) is 6.07 Å². The van der Waals surface area contributed by atoms with E-state index in [0.29, 0.717) is 43.3 Å². The Morgan fingerprint density at radius 3 is 2.15 bits per heavy atom. The summed E-state index contributed by atoms with van der Waals surface area (Å²) in [7, 11) is 1.69. The number of carbonyl (C=O) groups is 3. The smallest absolute Gasteiger partial charge is 0.303 e. The van der Waals surface area contributed by atoms with Crippen molar-refractivity contribution in [3.63, 3.8) is 0 Å². The molecule has 0 aromatic heterocycles. The number of Topliss-reactive ketones (excluding diaryl/α,β-unsaturated/α-hetero) is 2. The molecule has 0 saturated carbocycles. The normalized spacial score (nSPS) is 19.9. The molecular weight excluding hydrogens is 600 g/mol. The molecule has 2 aliphatic carbocycles. The maximum atomic E-state index is 13.8. The lowest BCUT2D eigenvalue weighted by Gasteiger charge is -2.42. The van der Waals surface area contributed by atoms with Gasteiger partial charge in [0, 0.05) is 49.2 Å². The molecule has 262 valence electrons. The molecule has 48 heavy (non-hydrogen) atoms. The number of ketones is 2. The topological polar surface area (TPSA) is 89.9 Å². The molecule has 1 aliphatic heterocycles. The van der Waals surface area contributed by atoms with E-state index < -0.39 is 11.9 Å². The highest BCUT2D eigenvalue weighted by atomic mass is 16.5. The number of rotatable bonds is 17. The van der Waals surface area contributed by atoms with Crippen LogP contribution in [0.4, 0.5) is 0 Å². The van der Waals surface area contributed by atoms with Crippen molar-refractivity contribution < 1.29 is 29.0 Å². The first kappa shape index (κ1) is 37.4. The van der Waals surface area contributed by atoms with E-state index in [0.717, 1.165) is 66.9 Å². The Kier molecular flexibility index (Phi) is 13.1. The SMILES string of the molecule is CCCCC/C=C\C/C=C\CC(CCCCCC(=O)O)c1ccc(C2C3=C(CC(C)(C)CC3=O)OC3=C2C(=O)CC(C)(C)C3)cc1OC. The fraction of sp³-hybridized carbons (Fsp3) is 0.595. The molecule has 1 atom stereocenters. The molecule has 1 unspecified atom stereocenters. The summed E-state index contributed by atoms with van der Waals surface area (Å²) in [5, 5.41) is 9.09. The molecule has 0 fully saturated rings. The van der Waals surface area contributed by atoms with E-state index in [-0.39, 0.29) is 34.7 Å². The average Bonchev–Trinajstić information content (AvgIpc) is 3.00. The predicted molar refractivity (Wildman–Crippen MR) is 192 cm³/mol. The van der Waals surface area contributed by atoms with E-state index in [9.17, 15) is 14.4 Å². The van der Waals surface area contributed by atoms with Crippen LogP contribution in [0.5, 0.6) is 5.75 Å². The van der Waals surface area contributed by atoms with Gasteiger partial charge in [-0.05, 0) is 72.5 Å². The molecule has 0 saturated heterocycles. The van der Waals surface area contributed by atoms with Crippen molar-refractivity contribution in [2.75, 3.05) is 7.11 Å². The monoisotopic (exact) mass is 658 g/mol. The van der Waals surface area contributed by atoms with Gasteiger partial charge in [-0.15, -0.1) is 0 Å². The summed E-state index contributed by atoms with van der Waals surface area (Å²) < 4.78 is 12.5. The van der Waals surface area contributed by atoms with Gasteiger partial charge >= 0.3 is 5.97 Å². The number of hydrogen-bond donors (Lipinski definition) is 1. The minimum atomic E-state index is -0.751. The Labute approximate surface area is 288 Å². The summed E-state index contributed by atoms with van der Waals surface area (Å²) in [6.45, 7) is 10.6. The van der Waals surface area contributed by atoms with Crippen LogP contribution < -0.4 is 4.74 Å². The third-order valence-corrected chi connectivity index (χ3v) is 10.1. The Morgan fingerprint density at radius 2 is 1.54 bits per heavy atom. The first-order valence-corrected chi connectivity index (χ1v) is 18.3. The second-order valence-corrected chi connectivity index (χ2v) is 15.7. The van der Waals surface area contributed by atoms with Gasteiger partial charge < -0.3 is 14.6 Å². The van der Waals surface area contributed by atoms with Crippen LogP contribution in [0.15, 0.2) is 65.2 Å². The lowest BCUT2D eigenvalue weighted by Crippen LogP contribution is -2.37. The van der Waals surface area contributed by atoms with Crippen LogP contribution in [-0.4, -0.2) is 29.8 Å². The summed E-state index contributed by atoms with van der Waals surface area (Å²) in [4.78, 5) is 38.6. The maximum Gasteiger partial charge on any atom is 0.303 e. The number of carbonyl (C=O) groups excluding carboxylic acids is 2. The number of methoxy groups -OCH3 is 1. The highest BCUT2D eigenvalue weighted by Gasteiger charge is 2.48. The summed E-state index contributed by atoms with van der Waals surface area (Å²) in [6, 6.07) is 6.26. The zero-order valence-corrected chi connectivity index (χ0v) is 30.3. The third kappa shape index (κ3) is 9.83. The first-order chi connectivity index (χ1) is 22.9. The molecule has 4 rings (SSSR count). The number of ether oxygens (including phenoxy) is 2. The van der Waals surface area contributed by atoms with Gasteiger partial charge in [0.25, 0.3) is 0 Å². The molecule has 1 aromatic carbocycles. The van der Waals surface area contributed by atoms with Gasteiger partial charge in [-0.1, -0.05) is 96.7 Å². The van der Waals surface area contributed by atoms with E-state index >= 15 is 0 Å². The predicted octanol–water partition coefficient (Wildman–Crippen LogP) is 10.7. The molecule has 0 radical (unpaired) electrons.